The van der Waals surface area contributed by atoms with Crippen LogP contribution >= 0.6 is 0 Å². The number of hydrogen-bond donors (Lipinski definition) is 1. The summed E-state index contributed by atoms with van der Waals surface area (Å²) in [5, 5.41) is 2.73. The third-order valence-corrected chi connectivity index (χ3v) is 5.44. The molecule has 1 atom stereocenters. The molecule has 1 saturated heterocycles. The summed E-state index contributed by atoms with van der Waals surface area (Å²) in [6.07, 6.45) is 0.869. The molecular weight excluding hydrogens is 392 g/mol. The van der Waals surface area contributed by atoms with E-state index in [9.17, 15) is 14.4 Å². The van der Waals surface area contributed by atoms with Gasteiger partial charge in [-0.3, -0.25) is 14.4 Å². The first-order valence-corrected chi connectivity index (χ1v) is 10.6. The number of benzene rings is 2. The smallest absolute Gasteiger partial charge is 0.311 e. The molecule has 0 radical (unpaired) electrons. The van der Waals surface area contributed by atoms with E-state index >= 15 is 0 Å². The van der Waals surface area contributed by atoms with E-state index in [2.05, 4.69) is 26.1 Å². The summed E-state index contributed by atoms with van der Waals surface area (Å²) in [4.78, 5) is 38.4. The lowest BCUT2D eigenvalue weighted by Gasteiger charge is -2.19. The molecule has 1 fully saturated rings. The van der Waals surface area contributed by atoms with Crippen LogP contribution in [0, 0.1) is 5.92 Å². The Hall–Kier alpha value is -3.15. The fourth-order valence-electron chi connectivity index (χ4n) is 3.56. The maximum absolute atomic E-state index is 12.3. The molecule has 1 N–H and O–H groups in total. The molecule has 6 heteroatoms. The highest BCUT2D eigenvalue weighted by Gasteiger charge is 2.35. The standard InChI is InChI=1S/C25H30N2O4/c1-25(2,3)20-9-11-21(12-10-20)26-22(28)17-31-24(30)19-15-23(29)27(16-19)14-13-18-7-5-4-6-8-18/h4-12,19H,13-17H2,1-3H3,(H,26,28)/t19-/m0/s1. The van der Waals surface area contributed by atoms with Crippen molar-refractivity contribution in [3.8, 4) is 0 Å². The molecule has 31 heavy (non-hydrogen) atoms. The first-order valence-electron chi connectivity index (χ1n) is 10.6. The van der Waals surface area contributed by atoms with Gasteiger partial charge < -0.3 is 15.0 Å². The molecule has 0 spiro atoms. The van der Waals surface area contributed by atoms with Crippen LogP contribution in [0.5, 0.6) is 0 Å². The normalized spacial score (nSPS) is 16.3. The van der Waals surface area contributed by atoms with E-state index in [1.54, 1.807) is 4.90 Å². The van der Waals surface area contributed by atoms with Gasteiger partial charge in [-0.1, -0.05) is 63.2 Å². The van der Waals surface area contributed by atoms with Crippen LogP contribution < -0.4 is 5.32 Å². The van der Waals surface area contributed by atoms with E-state index in [1.807, 2.05) is 54.6 Å². The predicted molar refractivity (Wildman–Crippen MR) is 120 cm³/mol. The minimum atomic E-state index is -0.526. The van der Waals surface area contributed by atoms with Gasteiger partial charge >= 0.3 is 5.97 Å². The molecule has 0 saturated carbocycles. The summed E-state index contributed by atoms with van der Waals surface area (Å²) in [6, 6.07) is 17.5. The zero-order valence-corrected chi connectivity index (χ0v) is 18.4. The molecule has 0 bridgehead atoms. The molecule has 1 aliphatic rings. The van der Waals surface area contributed by atoms with Crippen molar-refractivity contribution in [3.63, 3.8) is 0 Å². The number of nitrogens with one attached hydrogen (secondary N) is 1. The summed E-state index contributed by atoms with van der Waals surface area (Å²) in [5.74, 6) is -1.49. The fraction of sp³-hybridized carbons (Fsp3) is 0.400. The van der Waals surface area contributed by atoms with E-state index in [0.717, 1.165) is 12.0 Å². The van der Waals surface area contributed by atoms with Crippen molar-refractivity contribution in [1.29, 1.82) is 0 Å². The van der Waals surface area contributed by atoms with Crippen molar-refractivity contribution in [3.05, 3.63) is 65.7 Å². The molecule has 3 rings (SSSR count). The van der Waals surface area contributed by atoms with Gasteiger partial charge in [0.15, 0.2) is 6.61 Å². The maximum Gasteiger partial charge on any atom is 0.311 e. The Balaban J connectivity index is 1.43. The van der Waals surface area contributed by atoms with E-state index < -0.39 is 17.8 Å². The Labute approximate surface area is 183 Å². The van der Waals surface area contributed by atoms with Gasteiger partial charge in [0.25, 0.3) is 5.91 Å². The second-order valence-corrected chi connectivity index (χ2v) is 8.96. The largest absolute Gasteiger partial charge is 0.455 e. The van der Waals surface area contributed by atoms with Crippen LogP contribution in [0.3, 0.4) is 0 Å². The summed E-state index contributed by atoms with van der Waals surface area (Å²) in [5.41, 5.74) is 3.00. The average molecular weight is 423 g/mol. The maximum atomic E-state index is 12.3. The van der Waals surface area contributed by atoms with Crippen LogP contribution in [0.25, 0.3) is 0 Å². The van der Waals surface area contributed by atoms with Crippen molar-refractivity contribution in [2.75, 3.05) is 25.0 Å². The Morgan fingerprint density at radius 3 is 2.39 bits per heavy atom. The number of nitrogens with zero attached hydrogens (tertiary/aromatic N) is 1. The molecule has 1 heterocycles. The number of likely N-dealkylation sites (tertiary alicyclic amines) is 1. The second-order valence-electron chi connectivity index (χ2n) is 8.96. The molecule has 1 aliphatic heterocycles. The van der Waals surface area contributed by atoms with Gasteiger partial charge in [0, 0.05) is 25.2 Å². The Kier molecular flexibility index (Phi) is 7.10. The van der Waals surface area contributed by atoms with Crippen LogP contribution in [0.4, 0.5) is 5.69 Å². The minimum Gasteiger partial charge on any atom is -0.455 e. The second kappa shape index (κ2) is 9.77. The average Bonchev–Trinajstić information content (AvgIpc) is 3.11. The molecule has 0 aromatic heterocycles. The number of carbonyl (C=O) groups is 3. The van der Waals surface area contributed by atoms with E-state index in [4.69, 9.17) is 4.74 Å². The van der Waals surface area contributed by atoms with Crippen molar-refractivity contribution in [2.45, 2.75) is 39.0 Å². The molecule has 2 amide bonds. The van der Waals surface area contributed by atoms with Crippen LogP contribution in [-0.4, -0.2) is 42.4 Å². The van der Waals surface area contributed by atoms with Gasteiger partial charge in [-0.15, -0.1) is 0 Å². The van der Waals surface area contributed by atoms with Crippen LogP contribution in [0.1, 0.15) is 38.3 Å². The third kappa shape index (κ3) is 6.41. The fourth-order valence-corrected chi connectivity index (χ4v) is 3.56. The topological polar surface area (TPSA) is 75.7 Å². The van der Waals surface area contributed by atoms with Crippen LogP contribution in [-0.2, 0) is 31.0 Å². The highest BCUT2D eigenvalue weighted by molar-refractivity contribution is 5.93. The molecular formula is C25H30N2O4. The Morgan fingerprint density at radius 2 is 1.74 bits per heavy atom. The summed E-state index contributed by atoms with van der Waals surface area (Å²) >= 11 is 0. The van der Waals surface area contributed by atoms with Gasteiger partial charge in [-0.2, -0.15) is 0 Å². The van der Waals surface area contributed by atoms with Crippen molar-refractivity contribution >= 4 is 23.5 Å². The lowest BCUT2D eigenvalue weighted by atomic mass is 9.87. The van der Waals surface area contributed by atoms with Crippen molar-refractivity contribution in [1.82, 2.24) is 4.90 Å². The highest BCUT2D eigenvalue weighted by atomic mass is 16.5. The summed E-state index contributed by atoms with van der Waals surface area (Å²) in [7, 11) is 0. The lowest BCUT2D eigenvalue weighted by Crippen LogP contribution is -2.29. The number of amides is 2. The van der Waals surface area contributed by atoms with Crippen LogP contribution in [0.2, 0.25) is 0 Å². The van der Waals surface area contributed by atoms with Crippen molar-refractivity contribution in [2.24, 2.45) is 5.92 Å². The van der Waals surface area contributed by atoms with E-state index in [1.165, 1.54) is 5.56 Å². The van der Waals surface area contributed by atoms with Gasteiger partial charge in [0.1, 0.15) is 0 Å². The number of carbonyl (C=O) groups excluding carboxylic acids is 3. The number of ether oxygens (including phenoxy) is 1. The van der Waals surface area contributed by atoms with Gasteiger partial charge in [0.05, 0.1) is 5.92 Å². The third-order valence-electron chi connectivity index (χ3n) is 5.44. The molecule has 6 nitrogen and oxygen atoms in total. The zero-order valence-electron chi connectivity index (χ0n) is 18.4. The van der Waals surface area contributed by atoms with Gasteiger partial charge in [-0.05, 0) is 35.1 Å². The van der Waals surface area contributed by atoms with E-state index in [-0.39, 0.29) is 24.3 Å². The SMILES string of the molecule is CC(C)(C)c1ccc(NC(=O)COC(=O)[C@H]2CC(=O)N(CCc3ccccc3)C2)cc1. The molecule has 2 aromatic carbocycles. The highest BCUT2D eigenvalue weighted by Crippen LogP contribution is 2.23. The molecule has 0 unspecified atom stereocenters. The Morgan fingerprint density at radius 1 is 1.06 bits per heavy atom. The van der Waals surface area contributed by atoms with Gasteiger partial charge in [-0.25, -0.2) is 0 Å². The number of anilines is 1. The van der Waals surface area contributed by atoms with Gasteiger partial charge in [0.2, 0.25) is 5.91 Å². The number of esters is 1. The summed E-state index contributed by atoms with van der Waals surface area (Å²) < 4.78 is 5.17. The quantitative estimate of drug-likeness (QED) is 0.693. The number of hydrogen-bond acceptors (Lipinski definition) is 4. The first kappa shape index (κ1) is 22.5. The molecule has 164 valence electrons. The number of rotatable bonds is 7. The van der Waals surface area contributed by atoms with Crippen molar-refractivity contribution < 1.29 is 19.1 Å². The monoisotopic (exact) mass is 422 g/mol. The molecule has 2 aromatic rings. The lowest BCUT2D eigenvalue weighted by molar-refractivity contribution is -0.151. The minimum absolute atomic E-state index is 0.0335. The predicted octanol–water partition coefficient (Wildman–Crippen LogP) is 3.56. The first-order chi connectivity index (χ1) is 14.7. The van der Waals surface area contributed by atoms with Crippen LogP contribution in [0.15, 0.2) is 54.6 Å². The molecule has 0 aliphatic carbocycles. The zero-order chi connectivity index (χ0) is 22.4. The summed E-state index contributed by atoms with van der Waals surface area (Å²) in [6.45, 7) is 6.90. The van der Waals surface area contributed by atoms with E-state index in [0.29, 0.717) is 18.8 Å². The Bertz CT molecular complexity index is 917.